The van der Waals surface area contributed by atoms with E-state index in [1.165, 1.54) is 12.1 Å². The highest BCUT2D eigenvalue weighted by molar-refractivity contribution is 5.67. The average Bonchev–Trinajstić information content (AvgIpc) is 2.78. The fraction of sp³-hybridized carbons (Fsp3) is 0.292. The lowest BCUT2D eigenvalue weighted by Crippen LogP contribution is -2.28. The van der Waals surface area contributed by atoms with Crippen LogP contribution in [0.5, 0.6) is 0 Å². The summed E-state index contributed by atoms with van der Waals surface area (Å²) in [5.41, 5.74) is 4.47. The summed E-state index contributed by atoms with van der Waals surface area (Å²) in [6.45, 7) is 0.990. The Kier molecular flexibility index (Phi) is 5.98. The minimum absolute atomic E-state index is 0.389. The third-order valence-electron chi connectivity index (χ3n) is 5.53. The number of halogens is 3. The van der Waals surface area contributed by atoms with Gasteiger partial charge in [-0.05, 0) is 60.4 Å². The molecule has 0 radical (unpaired) electrons. The van der Waals surface area contributed by atoms with Crippen LogP contribution in [0, 0.1) is 0 Å². The SMILES string of the molecule is OCC(O)c1cccc(-c2ccc3c(c2)CCCN3Cc2ccc(C(F)(F)F)cc2)n1. The quantitative estimate of drug-likeness (QED) is 0.616. The molecule has 2 aromatic carbocycles. The first-order valence-electron chi connectivity index (χ1n) is 10.2. The Hall–Kier alpha value is -2.90. The van der Waals surface area contributed by atoms with Gasteiger partial charge in [-0.2, -0.15) is 13.2 Å². The summed E-state index contributed by atoms with van der Waals surface area (Å²) in [6.07, 6.45) is -3.48. The first-order valence-corrected chi connectivity index (χ1v) is 10.2. The number of nitrogens with zero attached hydrogens (tertiary/aromatic N) is 2. The Labute approximate surface area is 178 Å². The van der Waals surface area contributed by atoms with E-state index < -0.39 is 17.8 Å². The monoisotopic (exact) mass is 428 g/mol. The molecule has 0 saturated heterocycles. The van der Waals surface area contributed by atoms with Crippen molar-refractivity contribution in [1.82, 2.24) is 4.98 Å². The van der Waals surface area contributed by atoms with Gasteiger partial charge in [-0.1, -0.05) is 24.3 Å². The molecule has 0 amide bonds. The third-order valence-corrected chi connectivity index (χ3v) is 5.53. The molecule has 0 fully saturated rings. The smallest absolute Gasteiger partial charge is 0.393 e. The number of fused-ring (bicyclic) bond motifs is 1. The van der Waals surface area contributed by atoms with Crippen LogP contribution in [0.15, 0.2) is 60.7 Å². The van der Waals surface area contributed by atoms with Crippen LogP contribution in [0.4, 0.5) is 18.9 Å². The molecule has 162 valence electrons. The predicted molar refractivity (Wildman–Crippen MR) is 113 cm³/mol. The highest BCUT2D eigenvalue weighted by Crippen LogP contribution is 2.33. The van der Waals surface area contributed by atoms with Crippen LogP contribution < -0.4 is 4.90 Å². The van der Waals surface area contributed by atoms with E-state index in [9.17, 15) is 18.3 Å². The summed E-state index contributed by atoms with van der Waals surface area (Å²) in [6, 6.07) is 16.7. The molecule has 1 aromatic heterocycles. The van der Waals surface area contributed by atoms with E-state index in [4.69, 9.17) is 5.11 Å². The Balaban J connectivity index is 1.56. The van der Waals surface area contributed by atoms with Crippen LogP contribution in [-0.4, -0.2) is 28.3 Å². The summed E-state index contributed by atoms with van der Waals surface area (Å²) in [5, 5.41) is 19.0. The van der Waals surface area contributed by atoms with Crippen molar-refractivity contribution in [3.63, 3.8) is 0 Å². The van der Waals surface area contributed by atoms with Crippen LogP contribution in [0.1, 0.15) is 34.9 Å². The number of benzene rings is 2. The number of aromatic nitrogens is 1. The van der Waals surface area contributed by atoms with Crippen molar-refractivity contribution in [3.8, 4) is 11.3 Å². The van der Waals surface area contributed by atoms with Crippen molar-refractivity contribution >= 4 is 5.69 Å². The third kappa shape index (κ3) is 4.73. The molecule has 0 spiro atoms. The van der Waals surface area contributed by atoms with Gasteiger partial charge in [-0.25, -0.2) is 4.98 Å². The second-order valence-corrected chi connectivity index (χ2v) is 7.71. The normalized spacial score (nSPS) is 14.9. The molecule has 2 N–H and O–H groups in total. The van der Waals surface area contributed by atoms with E-state index in [1.807, 2.05) is 18.2 Å². The van der Waals surface area contributed by atoms with Gasteiger partial charge in [0, 0.05) is 24.3 Å². The minimum Gasteiger partial charge on any atom is -0.393 e. The van der Waals surface area contributed by atoms with Crippen LogP contribution in [0.3, 0.4) is 0 Å². The number of rotatable bonds is 5. The van der Waals surface area contributed by atoms with E-state index in [-0.39, 0.29) is 6.61 Å². The van der Waals surface area contributed by atoms with E-state index >= 15 is 0 Å². The molecule has 31 heavy (non-hydrogen) atoms. The number of pyridine rings is 1. The fourth-order valence-corrected chi connectivity index (χ4v) is 3.91. The van der Waals surface area contributed by atoms with E-state index in [0.29, 0.717) is 17.9 Å². The number of alkyl halides is 3. The second kappa shape index (κ2) is 8.69. The summed E-state index contributed by atoms with van der Waals surface area (Å²) >= 11 is 0. The number of hydrogen-bond donors (Lipinski definition) is 2. The number of aliphatic hydroxyl groups is 2. The predicted octanol–water partition coefficient (Wildman–Crippen LogP) is 4.75. The standard InChI is InChI=1S/C24H23F3N2O2/c25-24(26,27)19-9-6-16(7-10-19)14-29-12-2-3-18-13-17(8-11-22(18)29)20-4-1-5-21(28-20)23(31)15-30/h1,4-11,13,23,30-31H,2-3,12,14-15H2. The van der Waals surface area contributed by atoms with Gasteiger partial charge in [0.05, 0.1) is 23.6 Å². The lowest BCUT2D eigenvalue weighted by atomic mass is 9.97. The van der Waals surface area contributed by atoms with E-state index in [2.05, 4.69) is 16.0 Å². The van der Waals surface area contributed by atoms with Gasteiger partial charge in [0.25, 0.3) is 0 Å². The summed E-state index contributed by atoms with van der Waals surface area (Å²) in [4.78, 5) is 6.65. The molecule has 1 aliphatic rings. The first-order chi connectivity index (χ1) is 14.8. The van der Waals surface area contributed by atoms with Crippen LogP contribution in [0.25, 0.3) is 11.3 Å². The van der Waals surface area contributed by atoms with Gasteiger partial charge < -0.3 is 15.1 Å². The lowest BCUT2D eigenvalue weighted by Gasteiger charge is -2.32. The highest BCUT2D eigenvalue weighted by atomic mass is 19.4. The van der Waals surface area contributed by atoms with Crippen molar-refractivity contribution in [2.45, 2.75) is 31.7 Å². The van der Waals surface area contributed by atoms with Gasteiger partial charge in [-0.3, -0.25) is 0 Å². The van der Waals surface area contributed by atoms with Crippen molar-refractivity contribution in [2.75, 3.05) is 18.1 Å². The average molecular weight is 428 g/mol. The van der Waals surface area contributed by atoms with Gasteiger partial charge in [0.1, 0.15) is 6.10 Å². The topological polar surface area (TPSA) is 56.6 Å². The zero-order chi connectivity index (χ0) is 22.0. The first kappa shape index (κ1) is 21.3. The molecule has 4 nitrogen and oxygen atoms in total. The van der Waals surface area contributed by atoms with Gasteiger partial charge in [-0.15, -0.1) is 0 Å². The Bertz CT molecular complexity index is 1050. The molecule has 0 saturated carbocycles. The lowest BCUT2D eigenvalue weighted by molar-refractivity contribution is -0.137. The number of anilines is 1. The Morgan fingerprint density at radius 2 is 1.81 bits per heavy atom. The summed E-state index contributed by atoms with van der Waals surface area (Å²) < 4.78 is 38.4. The zero-order valence-corrected chi connectivity index (χ0v) is 16.8. The van der Waals surface area contributed by atoms with Crippen molar-refractivity contribution in [1.29, 1.82) is 0 Å². The Morgan fingerprint density at radius 3 is 2.52 bits per heavy atom. The maximum Gasteiger partial charge on any atom is 0.416 e. The van der Waals surface area contributed by atoms with Gasteiger partial charge in [0.2, 0.25) is 0 Å². The van der Waals surface area contributed by atoms with Gasteiger partial charge in [0.15, 0.2) is 0 Å². The Morgan fingerprint density at radius 1 is 1.03 bits per heavy atom. The van der Waals surface area contributed by atoms with Gasteiger partial charge >= 0.3 is 6.18 Å². The molecule has 7 heteroatoms. The molecule has 3 aromatic rings. The molecular weight excluding hydrogens is 405 g/mol. The highest BCUT2D eigenvalue weighted by Gasteiger charge is 2.30. The van der Waals surface area contributed by atoms with E-state index in [1.54, 1.807) is 12.1 Å². The molecular formula is C24H23F3N2O2. The van der Waals surface area contributed by atoms with Crippen LogP contribution >= 0.6 is 0 Å². The largest absolute Gasteiger partial charge is 0.416 e. The van der Waals surface area contributed by atoms with Crippen molar-refractivity contribution < 1.29 is 23.4 Å². The van der Waals surface area contributed by atoms with Crippen molar-refractivity contribution in [3.05, 3.63) is 83.0 Å². The molecule has 2 heterocycles. The zero-order valence-electron chi connectivity index (χ0n) is 16.8. The fourth-order valence-electron chi connectivity index (χ4n) is 3.91. The number of aliphatic hydroxyl groups excluding tert-OH is 2. The van der Waals surface area contributed by atoms with Crippen molar-refractivity contribution in [2.24, 2.45) is 0 Å². The molecule has 1 atom stereocenters. The van der Waals surface area contributed by atoms with E-state index in [0.717, 1.165) is 53.9 Å². The second-order valence-electron chi connectivity index (χ2n) is 7.71. The number of hydrogen-bond acceptors (Lipinski definition) is 4. The molecule has 4 rings (SSSR count). The number of aryl methyl sites for hydroxylation is 1. The summed E-state index contributed by atoms with van der Waals surface area (Å²) in [7, 11) is 0. The molecule has 0 bridgehead atoms. The maximum atomic E-state index is 12.8. The minimum atomic E-state index is -4.33. The molecule has 1 aliphatic heterocycles. The van der Waals surface area contributed by atoms with Crippen LogP contribution in [-0.2, 0) is 19.1 Å². The molecule has 0 aliphatic carbocycles. The van der Waals surface area contributed by atoms with Crippen LogP contribution in [0.2, 0.25) is 0 Å². The maximum absolute atomic E-state index is 12.8. The molecule has 1 unspecified atom stereocenters. The summed E-state index contributed by atoms with van der Waals surface area (Å²) in [5.74, 6) is 0.